The average molecular weight is 409 g/mol. The quantitative estimate of drug-likeness (QED) is 0.666. The van der Waals surface area contributed by atoms with Crippen LogP contribution in [0.15, 0.2) is 77.7 Å². The number of carbonyl (C=O) groups is 1. The molecule has 0 saturated carbocycles. The van der Waals surface area contributed by atoms with Crippen LogP contribution in [0.1, 0.15) is 22.6 Å². The molecule has 0 aliphatic carbocycles. The molecule has 1 aliphatic heterocycles. The van der Waals surface area contributed by atoms with Crippen LogP contribution in [0.2, 0.25) is 0 Å². The van der Waals surface area contributed by atoms with E-state index in [1.807, 2.05) is 6.07 Å². The number of ether oxygens (including phenoxy) is 1. The Labute approximate surface area is 167 Å². The third kappa shape index (κ3) is 3.57. The summed E-state index contributed by atoms with van der Waals surface area (Å²) in [6.45, 7) is 0. The molecule has 2 N–H and O–H groups in total. The number of rotatable bonds is 4. The van der Waals surface area contributed by atoms with Crippen molar-refractivity contribution in [3.05, 3.63) is 95.3 Å². The summed E-state index contributed by atoms with van der Waals surface area (Å²) in [4.78, 5) is 12.0. The summed E-state index contributed by atoms with van der Waals surface area (Å²) in [5.74, 6) is -0.0964. The number of allylic oxidation sites excluding steroid dienone is 1. The molecule has 146 valence electrons. The first kappa shape index (κ1) is 19.0. The van der Waals surface area contributed by atoms with E-state index in [2.05, 4.69) is 0 Å². The number of hydrogen-bond acceptors (Lipinski definition) is 4. The minimum Gasteiger partial charge on any atom is -0.456 e. The van der Waals surface area contributed by atoms with Gasteiger partial charge in [0, 0.05) is 16.7 Å². The van der Waals surface area contributed by atoms with Crippen molar-refractivity contribution in [1.82, 2.24) is 0 Å². The summed E-state index contributed by atoms with van der Waals surface area (Å²) in [6.07, 6.45) is 0.818. The van der Waals surface area contributed by atoms with Gasteiger partial charge in [0.25, 0.3) is 0 Å². The number of fused-ring (bicyclic) bond motifs is 1. The molecule has 1 heterocycles. The first-order valence-corrected chi connectivity index (χ1v) is 10.3. The molecular formula is C22H16FNO4S. The van der Waals surface area contributed by atoms with Crippen molar-refractivity contribution in [1.29, 1.82) is 0 Å². The number of hydrogen-bond donors (Lipinski definition) is 1. The first-order chi connectivity index (χ1) is 13.9. The lowest BCUT2D eigenvalue weighted by molar-refractivity contribution is -0.108. The van der Waals surface area contributed by atoms with E-state index < -0.39 is 21.8 Å². The molecule has 1 aliphatic rings. The number of aldehydes is 1. The minimum atomic E-state index is -3.84. The average Bonchev–Trinajstić information content (AvgIpc) is 2.72. The normalized spacial score (nSPS) is 16.1. The molecular weight excluding hydrogens is 393 g/mol. The third-order valence-electron chi connectivity index (χ3n) is 4.76. The molecule has 0 fully saturated rings. The van der Waals surface area contributed by atoms with Crippen molar-refractivity contribution in [2.75, 3.05) is 0 Å². The fourth-order valence-corrected chi connectivity index (χ4v) is 3.90. The smallest absolute Gasteiger partial charge is 0.238 e. The van der Waals surface area contributed by atoms with Crippen molar-refractivity contribution in [2.24, 2.45) is 5.14 Å². The van der Waals surface area contributed by atoms with Crippen LogP contribution >= 0.6 is 0 Å². The van der Waals surface area contributed by atoms with Crippen molar-refractivity contribution in [3.8, 4) is 5.75 Å². The largest absolute Gasteiger partial charge is 0.456 e. The second-order valence-corrected chi connectivity index (χ2v) is 8.13. The predicted octanol–water partition coefficient (Wildman–Crippen LogP) is 3.72. The first-order valence-electron chi connectivity index (χ1n) is 8.74. The van der Waals surface area contributed by atoms with Gasteiger partial charge in [0.1, 0.15) is 23.6 Å². The minimum absolute atomic E-state index is 0.0340. The SMILES string of the molecule is NS(=O)(=O)c1ccc(C2=C(c3ccc(F)cc3)C(C=O)c3ccccc3O2)cc1. The lowest BCUT2D eigenvalue weighted by Gasteiger charge is -2.28. The van der Waals surface area contributed by atoms with Gasteiger partial charge < -0.3 is 9.53 Å². The van der Waals surface area contributed by atoms with Crippen LogP contribution in [0.25, 0.3) is 11.3 Å². The number of benzene rings is 3. The molecule has 0 spiro atoms. The van der Waals surface area contributed by atoms with Crippen LogP contribution in [-0.4, -0.2) is 14.7 Å². The summed E-state index contributed by atoms with van der Waals surface area (Å²) < 4.78 is 42.7. The van der Waals surface area contributed by atoms with Crippen LogP contribution in [0, 0.1) is 5.82 Å². The number of primary sulfonamides is 1. The number of nitrogens with two attached hydrogens (primary N) is 1. The highest BCUT2D eigenvalue weighted by Crippen LogP contribution is 2.45. The summed E-state index contributed by atoms with van der Waals surface area (Å²) in [6, 6.07) is 18.8. The van der Waals surface area contributed by atoms with Crippen LogP contribution in [-0.2, 0) is 14.8 Å². The maximum Gasteiger partial charge on any atom is 0.238 e. The Morgan fingerprint density at radius 2 is 1.52 bits per heavy atom. The Hall–Kier alpha value is -3.29. The number of para-hydroxylation sites is 1. The molecule has 0 aromatic heterocycles. The maximum atomic E-state index is 13.5. The zero-order valence-corrected chi connectivity index (χ0v) is 15.9. The Morgan fingerprint density at radius 3 is 2.14 bits per heavy atom. The van der Waals surface area contributed by atoms with Gasteiger partial charge in [0.2, 0.25) is 10.0 Å². The lowest BCUT2D eigenvalue weighted by Crippen LogP contribution is -2.16. The highest BCUT2D eigenvalue weighted by atomic mass is 32.2. The molecule has 0 bridgehead atoms. The molecule has 1 atom stereocenters. The molecule has 4 rings (SSSR count). The fourth-order valence-electron chi connectivity index (χ4n) is 3.38. The molecule has 1 unspecified atom stereocenters. The second kappa shape index (κ2) is 7.27. The topological polar surface area (TPSA) is 86.5 Å². The lowest BCUT2D eigenvalue weighted by atomic mass is 9.83. The van der Waals surface area contributed by atoms with Crippen molar-refractivity contribution in [2.45, 2.75) is 10.8 Å². The van der Waals surface area contributed by atoms with Gasteiger partial charge in [-0.05, 0) is 48.0 Å². The van der Waals surface area contributed by atoms with E-state index in [4.69, 9.17) is 9.88 Å². The Morgan fingerprint density at radius 1 is 0.897 bits per heavy atom. The third-order valence-corrected chi connectivity index (χ3v) is 5.69. The van der Waals surface area contributed by atoms with Crippen LogP contribution in [0.4, 0.5) is 4.39 Å². The van der Waals surface area contributed by atoms with E-state index in [0.29, 0.717) is 33.8 Å². The van der Waals surface area contributed by atoms with Gasteiger partial charge in [-0.25, -0.2) is 17.9 Å². The molecule has 0 radical (unpaired) electrons. The molecule has 3 aromatic rings. The molecule has 7 heteroatoms. The Balaban J connectivity index is 1.94. The second-order valence-electron chi connectivity index (χ2n) is 6.57. The number of carbonyl (C=O) groups excluding carboxylic acids is 1. The van der Waals surface area contributed by atoms with Crippen LogP contribution < -0.4 is 9.88 Å². The van der Waals surface area contributed by atoms with Crippen molar-refractivity contribution in [3.63, 3.8) is 0 Å². The van der Waals surface area contributed by atoms with Crippen molar-refractivity contribution >= 4 is 27.6 Å². The van der Waals surface area contributed by atoms with Crippen LogP contribution in [0.5, 0.6) is 5.75 Å². The summed E-state index contributed by atoms with van der Waals surface area (Å²) in [7, 11) is -3.84. The highest BCUT2D eigenvalue weighted by molar-refractivity contribution is 7.89. The highest BCUT2D eigenvalue weighted by Gasteiger charge is 2.31. The van der Waals surface area contributed by atoms with E-state index in [-0.39, 0.29) is 4.90 Å². The van der Waals surface area contributed by atoms with Gasteiger partial charge in [-0.3, -0.25) is 0 Å². The zero-order chi connectivity index (χ0) is 20.6. The monoisotopic (exact) mass is 409 g/mol. The van der Waals surface area contributed by atoms with Gasteiger partial charge >= 0.3 is 0 Å². The number of halogens is 1. The zero-order valence-electron chi connectivity index (χ0n) is 15.1. The maximum absolute atomic E-state index is 13.5. The molecule has 0 saturated heterocycles. The van der Waals surface area contributed by atoms with Gasteiger partial charge in [-0.2, -0.15) is 0 Å². The Kier molecular flexibility index (Phi) is 4.77. The summed E-state index contributed by atoms with van der Waals surface area (Å²) in [5, 5.41) is 5.17. The number of sulfonamides is 1. The molecule has 0 amide bonds. The van der Waals surface area contributed by atoms with Crippen molar-refractivity contribution < 1.29 is 22.3 Å². The van der Waals surface area contributed by atoms with Crippen LogP contribution in [0.3, 0.4) is 0 Å². The predicted molar refractivity (Wildman–Crippen MR) is 107 cm³/mol. The molecule has 5 nitrogen and oxygen atoms in total. The Bertz CT molecular complexity index is 1220. The van der Waals surface area contributed by atoms with E-state index >= 15 is 0 Å². The standard InChI is InChI=1S/C22H16FNO4S/c23-16-9-5-14(6-10-16)21-19(13-25)18-3-1-2-4-20(18)28-22(21)15-7-11-17(12-8-15)29(24,26)27/h1-13,19H,(H2,24,26,27). The van der Waals surface area contributed by atoms with Gasteiger partial charge in [-0.15, -0.1) is 0 Å². The molecule has 3 aromatic carbocycles. The van der Waals surface area contributed by atoms with E-state index in [9.17, 15) is 17.6 Å². The fraction of sp³-hybridized carbons (Fsp3) is 0.0455. The summed E-state index contributed by atoms with van der Waals surface area (Å²) in [5.41, 5.74) is 2.47. The van der Waals surface area contributed by atoms with Gasteiger partial charge in [0.15, 0.2) is 0 Å². The van der Waals surface area contributed by atoms with E-state index in [0.717, 1.165) is 6.29 Å². The van der Waals surface area contributed by atoms with Gasteiger partial charge in [0.05, 0.1) is 10.8 Å². The summed E-state index contributed by atoms with van der Waals surface area (Å²) >= 11 is 0. The van der Waals surface area contributed by atoms with E-state index in [1.54, 1.807) is 42.5 Å². The molecule has 29 heavy (non-hydrogen) atoms. The van der Waals surface area contributed by atoms with E-state index in [1.165, 1.54) is 24.3 Å². The van der Waals surface area contributed by atoms with Gasteiger partial charge in [-0.1, -0.05) is 30.3 Å².